The largest absolute Gasteiger partial charge is 0.258 e. The van der Waals surface area contributed by atoms with Crippen LogP contribution < -0.4 is 0 Å². The van der Waals surface area contributed by atoms with Gasteiger partial charge in [0.05, 0.1) is 22.6 Å². The predicted octanol–water partition coefficient (Wildman–Crippen LogP) is 6.13. The summed E-state index contributed by atoms with van der Waals surface area (Å²) in [6, 6.07) is 7.75. The van der Waals surface area contributed by atoms with E-state index in [-0.39, 0.29) is 5.92 Å². The molecular formula is C23H24ClN3. The minimum absolute atomic E-state index is 0.245. The molecule has 1 heterocycles. The van der Waals surface area contributed by atoms with Crippen LogP contribution in [0.25, 0.3) is 5.69 Å². The average molecular weight is 378 g/mol. The summed E-state index contributed by atoms with van der Waals surface area (Å²) in [4.78, 5) is 4.74. The summed E-state index contributed by atoms with van der Waals surface area (Å²) in [5, 5.41) is 5.23. The molecule has 0 bridgehead atoms. The van der Waals surface area contributed by atoms with Crippen molar-refractivity contribution in [3.05, 3.63) is 83.3 Å². The summed E-state index contributed by atoms with van der Waals surface area (Å²) in [5.74, 6) is 1.30. The van der Waals surface area contributed by atoms with Crippen molar-refractivity contribution in [3.63, 3.8) is 0 Å². The monoisotopic (exact) mass is 377 g/mol. The van der Waals surface area contributed by atoms with Crippen LogP contribution in [-0.2, 0) is 0 Å². The molecule has 1 aromatic carbocycles. The average Bonchev–Trinajstić information content (AvgIpc) is 3.40. The van der Waals surface area contributed by atoms with Crippen molar-refractivity contribution in [2.75, 3.05) is 0 Å². The number of nitrogens with zero attached hydrogens (tertiary/aromatic N) is 3. The Labute approximate surface area is 165 Å². The number of aliphatic imine (C=N–C) groups is 1. The van der Waals surface area contributed by atoms with Crippen LogP contribution in [0.15, 0.2) is 77.7 Å². The third kappa shape index (κ3) is 3.84. The number of halogens is 1. The zero-order chi connectivity index (χ0) is 19.0. The van der Waals surface area contributed by atoms with E-state index in [1.165, 1.54) is 24.1 Å². The van der Waals surface area contributed by atoms with Crippen molar-refractivity contribution in [1.82, 2.24) is 9.78 Å². The van der Waals surface area contributed by atoms with Crippen LogP contribution in [-0.4, -0.2) is 15.5 Å². The van der Waals surface area contributed by atoms with Crippen LogP contribution in [0.2, 0.25) is 5.02 Å². The molecule has 1 fully saturated rings. The van der Waals surface area contributed by atoms with Gasteiger partial charge in [0.1, 0.15) is 0 Å². The summed E-state index contributed by atoms with van der Waals surface area (Å²) < 4.78 is 1.85. The number of rotatable bonds is 5. The molecule has 0 radical (unpaired) electrons. The van der Waals surface area contributed by atoms with Gasteiger partial charge < -0.3 is 0 Å². The van der Waals surface area contributed by atoms with E-state index in [1.807, 2.05) is 35.1 Å². The highest BCUT2D eigenvalue weighted by molar-refractivity contribution is 6.32. The number of aromatic nitrogens is 2. The summed E-state index contributed by atoms with van der Waals surface area (Å²) in [6.45, 7) is 8.54. The Morgan fingerprint density at radius 1 is 1.30 bits per heavy atom. The Bertz CT molecular complexity index is 960. The van der Waals surface area contributed by atoms with Crippen LogP contribution >= 0.6 is 11.6 Å². The lowest BCUT2D eigenvalue weighted by Crippen LogP contribution is -2.09. The maximum absolute atomic E-state index is 6.32. The molecule has 27 heavy (non-hydrogen) atoms. The normalized spacial score (nSPS) is 22.6. The van der Waals surface area contributed by atoms with Crippen LogP contribution in [0, 0.1) is 11.8 Å². The van der Waals surface area contributed by atoms with E-state index < -0.39 is 0 Å². The quantitative estimate of drug-likeness (QED) is 0.576. The van der Waals surface area contributed by atoms with Gasteiger partial charge in [-0.3, -0.25) is 4.99 Å². The van der Waals surface area contributed by atoms with E-state index >= 15 is 0 Å². The molecule has 0 N–H and O–H groups in total. The molecule has 138 valence electrons. The molecule has 2 atom stereocenters. The van der Waals surface area contributed by atoms with Gasteiger partial charge >= 0.3 is 0 Å². The molecule has 0 aliphatic heterocycles. The Hall–Kier alpha value is -2.39. The molecule has 0 saturated heterocycles. The van der Waals surface area contributed by atoms with E-state index in [0.717, 1.165) is 17.0 Å². The molecule has 2 aromatic rings. The van der Waals surface area contributed by atoms with E-state index in [4.69, 9.17) is 16.6 Å². The Balaban J connectivity index is 1.60. The van der Waals surface area contributed by atoms with Gasteiger partial charge in [0.2, 0.25) is 0 Å². The summed E-state index contributed by atoms with van der Waals surface area (Å²) in [5.41, 5.74) is 5.22. The molecule has 0 spiro atoms. The lowest BCUT2D eigenvalue weighted by molar-refractivity contribution is 0.631. The highest BCUT2D eigenvalue weighted by Crippen LogP contribution is 2.36. The fourth-order valence-electron chi connectivity index (χ4n) is 3.52. The second-order valence-corrected chi connectivity index (χ2v) is 7.92. The Morgan fingerprint density at radius 3 is 2.81 bits per heavy atom. The molecule has 2 unspecified atom stereocenters. The van der Waals surface area contributed by atoms with Crippen LogP contribution in [0.4, 0.5) is 0 Å². The molecule has 1 aromatic heterocycles. The van der Waals surface area contributed by atoms with E-state index in [1.54, 1.807) is 0 Å². The van der Waals surface area contributed by atoms with Gasteiger partial charge in [-0.2, -0.15) is 5.10 Å². The zero-order valence-corrected chi connectivity index (χ0v) is 16.5. The standard InChI is InChI=1S/C23H24ClN3/c1-15-8-9-19(17(3)26-16(2)18-10-11-18)12-21(15)20-13-25-27(14-20)23-7-5-4-6-22(23)24/h4-9,12-15,18,21H,3,10-11H2,1-2H3. The molecule has 4 rings (SSSR count). The van der Waals surface area contributed by atoms with E-state index in [9.17, 15) is 0 Å². The van der Waals surface area contributed by atoms with Gasteiger partial charge in [-0.1, -0.05) is 55.5 Å². The van der Waals surface area contributed by atoms with Crippen molar-refractivity contribution < 1.29 is 0 Å². The first-order chi connectivity index (χ1) is 13.0. The van der Waals surface area contributed by atoms with Crippen LogP contribution in [0.1, 0.15) is 38.2 Å². The third-order valence-electron chi connectivity index (χ3n) is 5.40. The third-order valence-corrected chi connectivity index (χ3v) is 5.72. The fourth-order valence-corrected chi connectivity index (χ4v) is 3.74. The first-order valence-corrected chi connectivity index (χ1v) is 9.84. The fraction of sp³-hybridized carbons (Fsp3) is 0.304. The molecule has 2 aliphatic rings. The minimum Gasteiger partial charge on any atom is -0.258 e. The van der Waals surface area contributed by atoms with E-state index in [2.05, 4.69) is 49.9 Å². The molecule has 3 nitrogen and oxygen atoms in total. The van der Waals surface area contributed by atoms with Crippen molar-refractivity contribution in [2.24, 2.45) is 16.8 Å². The lowest BCUT2D eigenvalue weighted by atomic mass is 9.83. The smallest absolute Gasteiger partial charge is 0.0831 e. The van der Waals surface area contributed by atoms with Crippen molar-refractivity contribution in [1.29, 1.82) is 0 Å². The zero-order valence-electron chi connectivity index (χ0n) is 15.8. The van der Waals surface area contributed by atoms with Gasteiger partial charge in [0.25, 0.3) is 0 Å². The molecular weight excluding hydrogens is 354 g/mol. The summed E-state index contributed by atoms with van der Waals surface area (Å²) in [6.07, 6.45) is 13.2. The highest BCUT2D eigenvalue weighted by Gasteiger charge is 2.25. The van der Waals surface area contributed by atoms with Gasteiger partial charge in [-0.25, -0.2) is 4.68 Å². The first-order valence-electron chi connectivity index (χ1n) is 9.47. The maximum atomic E-state index is 6.32. The first kappa shape index (κ1) is 18.0. The Morgan fingerprint density at radius 2 is 2.07 bits per heavy atom. The maximum Gasteiger partial charge on any atom is 0.0831 e. The van der Waals surface area contributed by atoms with Gasteiger partial charge in [-0.15, -0.1) is 0 Å². The predicted molar refractivity (Wildman–Crippen MR) is 113 cm³/mol. The van der Waals surface area contributed by atoms with Gasteiger partial charge in [0, 0.05) is 17.8 Å². The Kier molecular flexibility index (Phi) is 4.88. The SMILES string of the molecule is C=C(N=C(C)C1CC1)C1=CC(c2cnn(-c3ccccc3Cl)c2)C(C)C=C1. The number of para-hydroxylation sites is 1. The van der Waals surface area contributed by atoms with Crippen molar-refractivity contribution >= 4 is 17.3 Å². The second-order valence-electron chi connectivity index (χ2n) is 7.51. The van der Waals surface area contributed by atoms with Crippen LogP contribution in [0.5, 0.6) is 0 Å². The highest BCUT2D eigenvalue weighted by atomic mass is 35.5. The number of allylic oxidation sites excluding steroid dienone is 3. The van der Waals surface area contributed by atoms with Crippen LogP contribution in [0.3, 0.4) is 0 Å². The summed E-state index contributed by atoms with van der Waals surface area (Å²) >= 11 is 6.32. The van der Waals surface area contributed by atoms with Gasteiger partial charge in [0.15, 0.2) is 0 Å². The number of benzene rings is 1. The number of hydrogen-bond acceptors (Lipinski definition) is 2. The second kappa shape index (κ2) is 7.32. The van der Waals surface area contributed by atoms with Gasteiger partial charge in [-0.05, 0) is 54.9 Å². The number of hydrogen-bond donors (Lipinski definition) is 0. The molecule has 0 amide bonds. The molecule has 2 aliphatic carbocycles. The molecule has 1 saturated carbocycles. The molecule has 4 heteroatoms. The lowest BCUT2D eigenvalue weighted by Gasteiger charge is -2.22. The van der Waals surface area contributed by atoms with Crippen molar-refractivity contribution in [2.45, 2.75) is 32.6 Å². The summed E-state index contributed by atoms with van der Waals surface area (Å²) in [7, 11) is 0. The van der Waals surface area contributed by atoms with Crippen molar-refractivity contribution in [3.8, 4) is 5.69 Å². The minimum atomic E-state index is 0.245. The van der Waals surface area contributed by atoms with E-state index in [0.29, 0.717) is 16.9 Å². The topological polar surface area (TPSA) is 30.2 Å².